The Morgan fingerprint density at radius 2 is 1.05 bits per heavy atom. The molecule has 21 N–H and O–H groups in total. The number of nitrogens with two attached hydrogens (primary N) is 2. The van der Waals surface area contributed by atoms with Crippen LogP contribution in [-0.4, -0.2) is 321 Å². The topological polar surface area (TPSA) is 620 Å². The third-order valence-electron chi connectivity index (χ3n) is 23.5. The summed E-state index contributed by atoms with van der Waals surface area (Å²) in [6.07, 6.45) is 3.75. The van der Waals surface area contributed by atoms with Crippen molar-refractivity contribution in [2.24, 2.45) is 17.4 Å². The van der Waals surface area contributed by atoms with Crippen LogP contribution in [0, 0.1) is 5.92 Å². The zero-order chi connectivity index (χ0) is 95.6. The molecule has 0 saturated carbocycles. The zero-order valence-electron chi connectivity index (χ0n) is 74.5. The number of nitrogens with zero attached hydrogens (tertiary/aromatic N) is 6. The van der Waals surface area contributed by atoms with Gasteiger partial charge in [-0.3, -0.25) is 81.5 Å². The number of carbonyl (C=O) groups excluding carboxylic acids is 17. The number of fused-ring (bicyclic) bond motifs is 4. The van der Waals surface area contributed by atoms with Gasteiger partial charge in [0.1, 0.15) is 90.3 Å². The highest BCUT2D eigenvalue weighted by Crippen LogP contribution is 2.28. The molecule has 0 aliphatic carbocycles. The lowest BCUT2D eigenvalue weighted by molar-refractivity contribution is -0.149. The number of aliphatic hydroxyl groups excluding tert-OH is 3. The van der Waals surface area contributed by atoms with E-state index in [1.54, 1.807) is 74.8 Å². The van der Waals surface area contributed by atoms with E-state index < -0.39 is 242 Å². The second-order valence-electron chi connectivity index (χ2n) is 33.7. The van der Waals surface area contributed by atoms with Gasteiger partial charge in [-0.1, -0.05) is 102 Å². The fourth-order valence-electron chi connectivity index (χ4n) is 16.2. The number of hydrogen-bond acceptors (Lipinski definition) is 23. The van der Waals surface area contributed by atoms with Gasteiger partial charge in [-0.2, -0.15) is 0 Å². The molecule has 131 heavy (non-hydrogen) atoms. The minimum Gasteiger partial charge on any atom is -0.508 e. The number of unbranched alkanes of at least 4 members (excludes halogenated alkanes) is 2. The van der Waals surface area contributed by atoms with E-state index in [2.05, 4.69) is 73.1 Å². The number of benzene rings is 3. The average Bonchev–Trinajstić information content (AvgIpc) is 1.56. The highest BCUT2D eigenvalue weighted by Gasteiger charge is 2.47. The first-order chi connectivity index (χ1) is 62.4. The maximum Gasteiger partial charge on any atom is 0.246 e. The normalized spacial score (nSPS) is 25.2. The summed E-state index contributed by atoms with van der Waals surface area (Å²) in [5, 5.41) is 70.8. The van der Waals surface area contributed by atoms with Crippen molar-refractivity contribution in [3.05, 3.63) is 120 Å². The van der Waals surface area contributed by atoms with Crippen molar-refractivity contribution in [1.82, 2.24) is 97.6 Å². The molecular formula is C88H121N21O21S. The Bertz CT molecular complexity index is 5070. The molecule has 3 aromatic heterocycles. The van der Waals surface area contributed by atoms with Gasteiger partial charge in [-0.05, 0) is 85.9 Å². The smallest absolute Gasteiger partial charge is 0.246 e. The number of rotatable bonds is 23. The van der Waals surface area contributed by atoms with E-state index in [1.165, 1.54) is 64.9 Å². The van der Waals surface area contributed by atoms with Gasteiger partial charge < -0.3 is 125 Å². The molecule has 3 aliphatic rings. The molecule has 9 rings (SSSR count). The maximum atomic E-state index is 15.6. The van der Waals surface area contributed by atoms with Gasteiger partial charge in [0.15, 0.2) is 0 Å². The summed E-state index contributed by atoms with van der Waals surface area (Å²) in [4.78, 5) is 267. The van der Waals surface area contributed by atoms with Crippen molar-refractivity contribution in [3.63, 3.8) is 0 Å². The number of H-pyrrole nitrogens is 3. The molecule has 15 atom stereocenters. The number of amides is 17. The van der Waals surface area contributed by atoms with Gasteiger partial charge >= 0.3 is 0 Å². The van der Waals surface area contributed by atoms with Crippen LogP contribution in [0.2, 0.25) is 0 Å². The second-order valence-corrected chi connectivity index (χ2v) is 34.7. The van der Waals surface area contributed by atoms with E-state index in [1.807, 2.05) is 13.8 Å². The van der Waals surface area contributed by atoms with Crippen LogP contribution in [0.5, 0.6) is 5.75 Å². The first-order valence-corrected chi connectivity index (χ1v) is 44.9. The number of aromatic nitrogens is 4. The number of phenolic OH excluding ortho intramolecular Hbond substituents is 1. The van der Waals surface area contributed by atoms with Gasteiger partial charge in [0.25, 0.3) is 0 Å². The number of aliphatic hydroxyl groups is 3. The summed E-state index contributed by atoms with van der Waals surface area (Å²) in [5.41, 5.74) is 14.0. The summed E-state index contributed by atoms with van der Waals surface area (Å²) >= 11 is 0.728. The SMILES string of the molecule is CCCC[C@H]1C(=O)N(C)[C@@H](CCCC)C(=O)N[C@@H](CO)C(=O)NC(C(=O)NCC(N)=O)CSCC(=O)N[C@@H](Cc2ccc(O)cc2)C(=O)N(C)[C@@H](C)C(=O)N[C@@H](CC(N)=O)C(=O)N2CCC[C@H]2C(=O)N[C@@H](Cc2cnc[nH]2)C(=O)N[C@@H](CC(C)C)C(=O)N2C[C@H](O)C[C@H]2C(=O)N[C@@H](Cc2c[nH]c3ccccc23)C(=O)N[C@@H](CO)C(=O)N[C@@H](Cc2c[nH]c3ccccc23)C(=O)N1C. The lowest BCUT2D eigenvalue weighted by Crippen LogP contribution is -2.62. The zero-order valence-corrected chi connectivity index (χ0v) is 75.3. The van der Waals surface area contributed by atoms with E-state index in [0.29, 0.717) is 69.9 Å². The van der Waals surface area contributed by atoms with Gasteiger partial charge in [0.2, 0.25) is 100 Å². The monoisotopic (exact) mass is 1840 g/mol. The maximum absolute atomic E-state index is 15.6. The number of imidazole rings is 1. The van der Waals surface area contributed by atoms with E-state index in [0.717, 1.165) is 36.3 Å². The second kappa shape index (κ2) is 48.0. The summed E-state index contributed by atoms with van der Waals surface area (Å²) in [6.45, 7) is 4.86. The highest BCUT2D eigenvalue weighted by molar-refractivity contribution is 8.00. The molecule has 0 radical (unpaired) electrons. The van der Waals surface area contributed by atoms with Crippen LogP contribution in [0.15, 0.2) is 97.7 Å². The van der Waals surface area contributed by atoms with E-state index >= 15 is 33.6 Å². The number of aromatic hydroxyl groups is 1. The van der Waals surface area contributed by atoms with Crippen molar-refractivity contribution in [2.45, 2.75) is 222 Å². The van der Waals surface area contributed by atoms with Crippen LogP contribution >= 0.6 is 11.8 Å². The van der Waals surface area contributed by atoms with Crippen LogP contribution < -0.4 is 64.6 Å². The molecule has 3 aromatic carbocycles. The molecule has 0 spiro atoms. The number of para-hydroxylation sites is 2. The third-order valence-corrected chi connectivity index (χ3v) is 24.6. The number of nitrogens with one attached hydrogen (secondary N) is 13. The Morgan fingerprint density at radius 1 is 0.542 bits per heavy atom. The quantitative estimate of drug-likeness (QED) is 0.0300. The van der Waals surface area contributed by atoms with Gasteiger partial charge in [0.05, 0.1) is 44.4 Å². The molecule has 43 heteroatoms. The van der Waals surface area contributed by atoms with Crippen LogP contribution in [-0.2, 0) is 107 Å². The number of aromatic amines is 3. The molecule has 1 unspecified atom stereocenters. The first-order valence-electron chi connectivity index (χ1n) is 43.7. The van der Waals surface area contributed by atoms with Crippen molar-refractivity contribution in [1.29, 1.82) is 0 Å². The molecule has 710 valence electrons. The summed E-state index contributed by atoms with van der Waals surface area (Å²) < 4.78 is 0. The Balaban J connectivity index is 1.08. The number of thioether (sulfide) groups is 1. The molecular weight excluding hydrogens is 1720 g/mol. The van der Waals surface area contributed by atoms with Gasteiger partial charge in [0, 0.05) is 118 Å². The van der Waals surface area contributed by atoms with Crippen LogP contribution in [0.4, 0.5) is 0 Å². The van der Waals surface area contributed by atoms with Crippen LogP contribution in [0.1, 0.15) is 128 Å². The van der Waals surface area contributed by atoms with Crippen molar-refractivity contribution >= 4 is 134 Å². The Morgan fingerprint density at radius 3 is 1.63 bits per heavy atom. The summed E-state index contributed by atoms with van der Waals surface area (Å²) in [7, 11) is 3.84. The molecule has 3 aliphatic heterocycles. The number of carbonyl (C=O) groups is 17. The molecule has 6 aromatic rings. The van der Waals surface area contributed by atoms with Crippen molar-refractivity contribution < 1.29 is 102 Å². The highest BCUT2D eigenvalue weighted by atomic mass is 32.2. The molecule has 3 fully saturated rings. The van der Waals surface area contributed by atoms with Crippen molar-refractivity contribution in [2.75, 3.05) is 65.5 Å². The third kappa shape index (κ3) is 27.5. The molecule has 3 saturated heterocycles. The Kier molecular flexibility index (Phi) is 37.3. The number of likely N-dealkylation sites (N-methyl/N-ethyl adjacent to an activating group) is 3. The lowest BCUT2D eigenvalue weighted by atomic mass is 10.00. The standard InChI is InChI=1S/C88H121N21O21S/c1-9-11-22-68-81(123)103-66(43-111)80(122)104-67(76(118)94-40-73(90)115)44-131-45-74(116)96-62(31-49-25-27-53(112)28-26-49)84(126)105(6)48(5)75(117)99-64(36-72(89)114)86(128)108-29-17-24-69(108)82(124)98-60(34-52-39-91-46-95-52)78(120)100-61(30-47(3)4)87(129)109-41-54(113)35-71(109)83(125)97-59(32-50-37-92-57-20-15-13-18-55(50)57)77(119)102-65(42-110)79(121)101-63(33-51-38-93-58-21-16-14-19-56(51)58)85(127)107(8)70(23-12-10-2)88(130)106(68)7/h13-16,18-21,25-28,37-39,46-48,54,59-71,92-93,110-113H,9-12,17,22-24,29-36,40-45H2,1-8H3,(H2,89,114)(H2,90,115)(H,91,95)(H,94,118)(H,96,116)(H,97,125)(H,98,124)(H,99,117)(H,100,120)(H,101,121)(H,102,119)(H,103,123)(H,104,122)/t48-,54+,59-,60-,61-,62-,63-,64-,65-,66-,67?,68-,69-,70-,71-/m0/s1. The number of hydrogen-bond donors (Lipinski definition) is 19. The predicted molar refractivity (Wildman–Crippen MR) is 478 cm³/mol. The molecule has 6 heterocycles. The van der Waals surface area contributed by atoms with E-state index in [-0.39, 0.29) is 76.0 Å². The fraction of sp³-hybridized carbons (Fsp3) is 0.523. The Hall–Kier alpha value is -13.0. The molecule has 42 nitrogen and oxygen atoms in total. The first kappa shape index (κ1) is 102. The Labute approximate surface area is 760 Å². The molecule has 17 amide bonds. The van der Waals surface area contributed by atoms with Crippen LogP contribution in [0.3, 0.4) is 0 Å². The van der Waals surface area contributed by atoms with Gasteiger partial charge in [-0.25, -0.2) is 4.98 Å². The molecule has 0 bridgehead atoms. The predicted octanol–water partition coefficient (Wildman–Crippen LogP) is -3.20. The summed E-state index contributed by atoms with van der Waals surface area (Å²) in [6, 6.07) is -2.70. The largest absolute Gasteiger partial charge is 0.508 e. The number of primary amides is 2. The van der Waals surface area contributed by atoms with E-state index in [9.17, 15) is 68.4 Å². The summed E-state index contributed by atoms with van der Waals surface area (Å²) in [5.74, 6) is -18.1. The number of phenols is 1. The lowest BCUT2D eigenvalue weighted by Gasteiger charge is -2.36. The van der Waals surface area contributed by atoms with E-state index in [4.69, 9.17) is 11.5 Å². The van der Waals surface area contributed by atoms with Crippen molar-refractivity contribution in [3.8, 4) is 5.75 Å². The minimum atomic E-state index is -1.89. The fourth-order valence-corrected chi connectivity index (χ4v) is 17.0. The minimum absolute atomic E-state index is 0.0180. The van der Waals surface area contributed by atoms with Crippen LogP contribution in [0.25, 0.3) is 21.8 Å². The van der Waals surface area contributed by atoms with Gasteiger partial charge in [-0.15, -0.1) is 11.8 Å². The average molecular weight is 1840 g/mol.